The summed E-state index contributed by atoms with van der Waals surface area (Å²) >= 11 is 0. The summed E-state index contributed by atoms with van der Waals surface area (Å²) in [6.07, 6.45) is 14.9. The van der Waals surface area contributed by atoms with Crippen LogP contribution in [0.5, 0.6) is 0 Å². The Labute approximate surface area is 289 Å². The number of benzene rings is 2. The molecule has 0 bridgehead atoms. The van der Waals surface area contributed by atoms with E-state index in [9.17, 15) is 10.2 Å². The quantitative estimate of drug-likeness (QED) is 0.107. The van der Waals surface area contributed by atoms with Gasteiger partial charge in [0, 0.05) is 18.5 Å². The molecule has 266 valence electrons. The Morgan fingerprint density at radius 1 is 0.468 bits per heavy atom. The first kappa shape index (κ1) is 39.6. The summed E-state index contributed by atoms with van der Waals surface area (Å²) in [5.74, 6) is 0. The third-order valence-corrected chi connectivity index (χ3v) is 10.3. The highest BCUT2D eigenvalue weighted by molar-refractivity contribution is 5.81. The SMILES string of the molecule is Cc1ccc2c(c1)C(CCCCCCN(CCO)CCO)(CCCCCCN(CCCN(C)C)CCCN(C)C)c1cc(C)ccc1-2. The minimum atomic E-state index is 0.104. The normalized spacial score (nSPS) is 13.8. The Bertz CT molecular complexity index is 1080. The van der Waals surface area contributed by atoms with E-state index < -0.39 is 0 Å². The van der Waals surface area contributed by atoms with Gasteiger partial charge in [0.25, 0.3) is 0 Å². The molecule has 0 heterocycles. The molecule has 0 unspecified atom stereocenters. The molecule has 3 rings (SSSR count). The van der Waals surface area contributed by atoms with E-state index in [0.29, 0.717) is 13.1 Å². The second-order valence-electron chi connectivity index (χ2n) is 15.0. The molecule has 0 aromatic heterocycles. The molecule has 1 aliphatic rings. The van der Waals surface area contributed by atoms with Gasteiger partial charge in [-0.1, -0.05) is 86.1 Å². The molecular formula is C41H70N4O2. The van der Waals surface area contributed by atoms with Gasteiger partial charge in [-0.05, 0) is 142 Å². The first-order valence-corrected chi connectivity index (χ1v) is 18.9. The molecule has 0 amide bonds. The molecule has 6 nitrogen and oxygen atoms in total. The highest BCUT2D eigenvalue weighted by Crippen LogP contribution is 2.54. The summed E-state index contributed by atoms with van der Waals surface area (Å²) in [5.41, 5.74) is 8.91. The van der Waals surface area contributed by atoms with Crippen molar-refractivity contribution >= 4 is 0 Å². The van der Waals surface area contributed by atoms with Crippen LogP contribution in [0.25, 0.3) is 11.1 Å². The van der Waals surface area contributed by atoms with Crippen LogP contribution < -0.4 is 0 Å². The van der Waals surface area contributed by atoms with Crippen LogP contribution in [0.2, 0.25) is 0 Å². The van der Waals surface area contributed by atoms with Crippen LogP contribution in [0, 0.1) is 13.8 Å². The summed E-state index contributed by atoms with van der Waals surface area (Å²) in [4.78, 5) is 9.52. The van der Waals surface area contributed by atoms with Gasteiger partial charge in [-0.25, -0.2) is 0 Å². The molecule has 0 saturated heterocycles. The van der Waals surface area contributed by atoms with Crippen LogP contribution in [-0.4, -0.2) is 124 Å². The summed E-state index contributed by atoms with van der Waals surface area (Å²) in [6.45, 7) is 13.1. The molecule has 2 aromatic carbocycles. The highest BCUT2D eigenvalue weighted by atomic mass is 16.3. The van der Waals surface area contributed by atoms with Gasteiger partial charge < -0.3 is 24.9 Å². The number of nitrogens with zero attached hydrogens (tertiary/aromatic N) is 4. The van der Waals surface area contributed by atoms with Crippen LogP contribution >= 0.6 is 0 Å². The molecule has 0 radical (unpaired) electrons. The number of hydrogen-bond acceptors (Lipinski definition) is 6. The van der Waals surface area contributed by atoms with Gasteiger partial charge in [0.2, 0.25) is 0 Å². The van der Waals surface area contributed by atoms with E-state index in [2.05, 4.69) is 98.0 Å². The first-order valence-electron chi connectivity index (χ1n) is 18.9. The fraction of sp³-hybridized carbons (Fsp3) is 0.707. The predicted molar refractivity (Wildman–Crippen MR) is 202 cm³/mol. The number of aliphatic hydroxyl groups is 2. The van der Waals surface area contributed by atoms with E-state index in [-0.39, 0.29) is 18.6 Å². The van der Waals surface area contributed by atoms with Gasteiger partial charge in [0.05, 0.1) is 13.2 Å². The van der Waals surface area contributed by atoms with Gasteiger partial charge >= 0.3 is 0 Å². The highest BCUT2D eigenvalue weighted by Gasteiger charge is 2.42. The van der Waals surface area contributed by atoms with Crippen LogP contribution in [0.15, 0.2) is 36.4 Å². The van der Waals surface area contributed by atoms with Gasteiger partial charge in [-0.15, -0.1) is 0 Å². The second-order valence-corrected chi connectivity index (χ2v) is 15.0. The second kappa shape index (κ2) is 21.3. The fourth-order valence-corrected chi connectivity index (χ4v) is 7.79. The lowest BCUT2D eigenvalue weighted by Crippen LogP contribution is -2.31. The average molecular weight is 651 g/mol. The zero-order valence-electron chi connectivity index (χ0n) is 31.2. The van der Waals surface area contributed by atoms with E-state index >= 15 is 0 Å². The van der Waals surface area contributed by atoms with Crippen LogP contribution in [0.4, 0.5) is 0 Å². The molecular weight excluding hydrogens is 580 g/mol. The summed E-state index contributed by atoms with van der Waals surface area (Å²) < 4.78 is 0. The lowest BCUT2D eigenvalue weighted by molar-refractivity contribution is 0.159. The van der Waals surface area contributed by atoms with Crippen molar-refractivity contribution in [3.05, 3.63) is 58.7 Å². The molecule has 0 atom stereocenters. The Hall–Kier alpha value is -1.80. The van der Waals surface area contributed by atoms with Crippen molar-refractivity contribution in [1.29, 1.82) is 0 Å². The fourth-order valence-electron chi connectivity index (χ4n) is 7.79. The molecule has 47 heavy (non-hydrogen) atoms. The van der Waals surface area contributed by atoms with Crippen molar-refractivity contribution in [2.75, 3.05) is 93.8 Å². The largest absolute Gasteiger partial charge is 0.395 e. The van der Waals surface area contributed by atoms with Gasteiger partial charge in [-0.3, -0.25) is 4.90 Å². The Kier molecular flexibility index (Phi) is 18.0. The molecule has 6 heteroatoms. The molecule has 0 spiro atoms. The predicted octanol–water partition coefficient (Wildman–Crippen LogP) is 6.96. The van der Waals surface area contributed by atoms with E-state index in [1.54, 1.807) is 11.1 Å². The van der Waals surface area contributed by atoms with Gasteiger partial charge in [0.1, 0.15) is 0 Å². The van der Waals surface area contributed by atoms with Crippen molar-refractivity contribution in [3.8, 4) is 11.1 Å². The van der Waals surface area contributed by atoms with Crippen molar-refractivity contribution in [2.45, 2.75) is 96.3 Å². The Balaban J connectivity index is 1.63. The smallest absolute Gasteiger partial charge is 0.0558 e. The molecule has 0 fully saturated rings. The number of aliphatic hydroxyl groups excluding tert-OH is 2. The van der Waals surface area contributed by atoms with Crippen molar-refractivity contribution in [3.63, 3.8) is 0 Å². The van der Waals surface area contributed by atoms with Crippen molar-refractivity contribution in [2.24, 2.45) is 0 Å². The van der Waals surface area contributed by atoms with Gasteiger partial charge in [-0.2, -0.15) is 0 Å². The maximum atomic E-state index is 9.36. The third-order valence-electron chi connectivity index (χ3n) is 10.3. The molecule has 0 saturated carbocycles. The van der Waals surface area contributed by atoms with Crippen LogP contribution in [0.1, 0.15) is 99.3 Å². The molecule has 0 aliphatic heterocycles. The van der Waals surface area contributed by atoms with E-state index in [1.807, 2.05) is 0 Å². The summed E-state index contributed by atoms with van der Waals surface area (Å²) in [7, 11) is 8.73. The number of unbranched alkanes of at least 4 members (excludes halogenated alkanes) is 6. The van der Waals surface area contributed by atoms with E-state index in [1.165, 1.54) is 126 Å². The maximum absolute atomic E-state index is 9.36. The minimum Gasteiger partial charge on any atom is -0.395 e. The number of rotatable bonds is 26. The third kappa shape index (κ3) is 12.9. The number of hydrogen-bond donors (Lipinski definition) is 2. The number of aryl methyl sites for hydroxylation is 2. The maximum Gasteiger partial charge on any atom is 0.0558 e. The Morgan fingerprint density at radius 3 is 1.26 bits per heavy atom. The van der Waals surface area contributed by atoms with Crippen molar-refractivity contribution < 1.29 is 10.2 Å². The zero-order valence-corrected chi connectivity index (χ0v) is 31.2. The van der Waals surface area contributed by atoms with E-state index in [4.69, 9.17) is 0 Å². The zero-order chi connectivity index (χ0) is 34.1. The summed E-state index contributed by atoms with van der Waals surface area (Å²) in [5, 5.41) is 18.7. The first-order chi connectivity index (χ1) is 22.7. The molecule has 2 N–H and O–H groups in total. The average Bonchev–Trinajstić information content (AvgIpc) is 3.28. The molecule has 1 aliphatic carbocycles. The Morgan fingerprint density at radius 2 is 0.851 bits per heavy atom. The number of fused-ring (bicyclic) bond motifs is 3. The lowest BCUT2D eigenvalue weighted by Gasteiger charge is -2.33. The van der Waals surface area contributed by atoms with Crippen LogP contribution in [-0.2, 0) is 5.41 Å². The van der Waals surface area contributed by atoms with Gasteiger partial charge in [0.15, 0.2) is 0 Å². The van der Waals surface area contributed by atoms with Crippen LogP contribution in [0.3, 0.4) is 0 Å². The monoisotopic (exact) mass is 651 g/mol. The standard InChI is InChI=1S/C41H70N4O2/c1-35-17-19-37-38-20-18-36(2)34-40(38)41(39(37)33-35,22-12-8-10-14-26-45(29-31-46)30-32-47)21-11-7-9-13-25-44(27-15-23-42(3)4)28-16-24-43(5)6/h17-20,33-34,46-47H,7-16,21-32H2,1-6H3. The topological polar surface area (TPSA) is 53.4 Å². The summed E-state index contributed by atoms with van der Waals surface area (Å²) in [6, 6.07) is 14.4. The van der Waals surface area contributed by atoms with Crippen molar-refractivity contribution in [1.82, 2.24) is 19.6 Å². The molecule has 2 aromatic rings. The minimum absolute atomic E-state index is 0.104. The lowest BCUT2D eigenvalue weighted by atomic mass is 9.70. The van der Waals surface area contributed by atoms with E-state index in [0.717, 1.165) is 13.0 Å².